The molecule has 1 atom stereocenters. The van der Waals surface area contributed by atoms with Crippen LogP contribution >= 0.6 is 15.9 Å². The molecule has 0 aromatic heterocycles. The lowest BCUT2D eigenvalue weighted by molar-refractivity contribution is -0.139. The molecule has 1 aromatic carbocycles. The van der Waals surface area contributed by atoms with Crippen molar-refractivity contribution in [3.05, 3.63) is 28.2 Å². The average molecular weight is 358 g/mol. The van der Waals surface area contributed by atoms with Crippen molar-refractivity contribution in [2.45, 2.75) is 25.8 Å². The van der Waals surface area contributed by atoms with Crippen LogP contribution in [0, 0.1) is 6.92 Å². The summed E-state index contributed by atoms with van der Waals surface area (Å²) in [6.45, 7) is 1.90. The second-order valence-corrected chi connectivity index (χ2v) is 5.33. The molecule has 1 aromatic rings. The molecule has 0 spiro atoms. The third kappa shape index (κ3) is 5.82. The summed E-state index contributed by atoms with van der Waals surface area (Å²) >= 11 is 3.30. The van der Waals surface area contributed by atoms with Crippen molar-refractivity contribution in [3.63, 3.8) is 0 Å². The Balaban J connectivity index is 2.65. The summed E-state index contributed by atoms with van der Waals surface area (Å²) in [7, 11) is 0. The van der Waals surface area contributed by atoms with Crippen molar-refractivity contribution in [3.8, 4) is 0 Å². The number of nitrogens with two attached hydrogens (primary N) is 1. The van der Waals surface area contributed by atoms with Crippen LogP contribution in [0.25, 0.3) is 0 Å². The fourth-order valence-electron chi connectivity index (χ4n) is 1.58. The second-order valence-electron chi connectivity index (χ2n) is 4.48. The molecule has 21 heavy (non-hydrogen) atoms. The molecular formula is C13H16BrN3O4. The molecule has 114 valence electrons. The summed E-state index contributed by atoms with van der Waals surface area (Å²) in [5.41, 5.74) is 6.49. The number of aryl methyl sites for hydroxylation is 1. The minimum atomic E-state index is -1.23. The molecule has 8 heteroatoms. The number of primary amides is 1. The molecule has 0 aliphatic carbocycles. The number of benzene rings is 1. The van der Waals surface area contributed by atoms with Crippen LogP contribution in [0.1, 0.15) is 18.4 Å². The van der Waals surface area contributed by atoms with Gasteiger partial charge in [0.2, 0.25) is 5.91 Å². The minimum Gasteiger partial charge on any atom is -0.480 e. The Labute approximate surface area is 130 Å². The van der Waals surface area contributed by atoms with Gasteiger partial charge in [-0.2, -0.15) is 0 Å². The summed E-state index contributed by atoms with van der Waals surface area (Å²) in [6.07, 6.45) is -0.182. The molecule has 3 amide bonds. The van der Waals surface area contributed by atoms with Gasteiger partial charge in [0.15, 0.2) is 0 Å². The maximum atomic E-state index is 11.8. The number of amides is 3. The Hall–Kier alpha value is -2.09. The Kier molecular flexibility index (Phi) is 6.16. The van der Waals surface area contributed by atoms with Crippen molar-refractivity contribution >= 4 is 39.5 Å². The van der Waals surface area contributed by atoms with E-state index in [-0.39, 0.29) is 12.8 Å². The van der Waals surface area contributed by atoms with Gasteiger partial charge in [-0.1, -0.05) is 6.07 Å². The molecule has 0 heterocycles. The van der Waals surface area contributed by atoms with E-state index in [1.54, 1.807) is 6.07 Å². The molecule has 0 bridgehead atoms. The summed E-state index contributed by atoms with van der Waals surface area (Å²) < 4.78 is 0.682. The maximum absolute atomic E-state index is 11.8. The molecule has 7 nitrogen and oxygen atoms in total. The molecule has 1 rings (SSSR count). The number of hydrogen-bond donors (Lipinski definition) is 4. The number of hydrogen-bond acceptors (Lipinski definition) is 3. The number of carboxylic acid groups (broad SMARTS) is 1. The SMILES string of the molecule is Cc1ccc(NC(=O)N[C@H](CCC(N)=O)C(=O)O)c(Br)c1. The normalized spacial score (nSPS) is 11.5. The fraction of sp³-hybridized carbons (Fsp3) is 0.308. The van der Waals surface area contributed by atoms with Crippen LogP contribution in [0.4, 0.5) is 10.5 Å². The van der Waals surface area contributed by atoms with Crippen LogP contribution in [0.3, 0.4) is 0 Å². The number of urea groups is 1. The third-order valence-corrected chi connectivity index (χ3v) is 3.31. The van der Waals surface area contributed by atoms with E-state index in [9.17, 15) is 14.4 Å². The van der Waals surface area contributed by atoms with Crippen LogP contribution in [-0.2, 0) is 9.59 Å². The largest absolute Gasteiger partial charge is 0.480 e. The maximum Gasteiger partial charge on any atom is 0.326 e. The molecule has 0 saturated heterocycles. The first kappa shape index (κ1) is 17.0. The first-order valence-corrected chi connectivity index (χ1v) is 6.93. The van der Waals surface area contributed by atoms with Crippen molar-refractivity contribution in [1.29, 1.82) is 0 Å². The zero-order valence-electron chi connectivity index (χ0n) is 11.4. The van der Waals surface area contributed by atoms with Crippen molar-refractivity contribution in [2.75, 3.05) is 5.32 Å². The minimum absolute atomic E-state index is 0.0623. The highest BCUT2D eigenvalue weighted by atomic mass is 79.9. The van der Waals surface area contributed by atoms with Crippen LogP contribution in [0.5, 0.6) is 0 Å². The van der Waals surface area contributed by atoms with Gasteiger partial charge in [-0.15, -0.1) is 0 Å². The summed E-state index contributed by atoms with van der Waals surface area (Å²) in [6, 6.07) is 3.47. The highest BCUT2D eigenvalue weighted by Crippen LogP contribution is 2.23. The van der Waals surface area contributed by atoms with Gasteiger partial charge < -0.3 is 21.5 Å². The van der Waals surface area contributed by atoms with E-state index in [2.05, 4.69) is 26.6 Å². The van der Waals surface area contributed by atoms with Gasteiger partial charge in [-0.3, -0.25) is 4.79 Å². The second kappa shape index (κ2) is 7.63. The first-order chi connectivity index (χ1) is 9.79. The number of rotatable bonds is 6. The van der Waals surface area contributed by atoms with E-state index in [0.29, 0.717) is 10.2 Å². The summed E-state index contributed by atoms with van der Waals surface area (Å²) in [5, 5.41) is 13.8. The summed E-state index contributed by atoms with van der Waals surface area (Å²) in [5.74, 6) is -1.85. The highest BCUT2D eigenvalue weighted by molar-refractivity contribution is 9.10. The van der Waals surface area contributed by atoms with Gasteiger partial charge in [0.1, 0.15) is 6.04 Å². The number of aliphatic carboxylic acids is 1. The molecule has 0 saturated carbocycles. The standard InChI is InChI=1S/C13H16BrN3O4/c1-7-2-3-9(8(14)6-7)16-13(21)17-10(12(19)20)4-5-11(15)18/h2-3,6,10H,4-5H2,1H3,(H2,15,18)(H,19,20)(H2,16,17,21)/t10-/m1/s1. The number of nitrogens with one attached hydrogen (secondary N) is 2. The zero-order chi connectivity index (χ0) is 16.0. The van der Waals surface area contributed by atoms with Gasteiger partial charge in [-0.05, 0) is 47.0 Å². The fourth-order valence-corrected chi connectivity index (χ4v) is 2.17. The summed E-state index contributed by atoms with van der Waals surface area (Å²) in [4.78, 5) is 33.5. The van der Waals surface area contributed by atoms with Gasteiger partial charge >= 0.3 is 12.0 Å². The van der Waals surface area contributed by atoms with Crippen molar-refractivity contribution in [2.24, 2.45) is 5.73 Å². The lowest BCUT2D eigenvalue weighted by Gasteiger charge is -2.15. The number of halogens is 1. The molecule has 0 unspecified atom stereocenters. The van der Waals surface area contributed by atoms with Gasteiger partial charge in [0, 0.05) is 10.9 Å². The van der Waals surface area contributed by atoms with E-state index in [1.807, 2.05) is 19.1 Å². The molecule has 0 aliphatic heterocycles. The highest BCUT2D eigenvalue weighted by Gasteiger charge is 2.20. The molecule has 5 N–H and O–H groups in total. The lowest BCUT2D eigenvalue weighted by atomic mass is 10.1. The Morgan fingerprint density at radius 2 is 2.05 bits per heavy atom. The third-order valence-electron chi connectivity index (χ3n) is 2.66. The monoisotopic (exact) mass is 357 g/mol. The van der Waals surface area contributed by atoms with Gasteiger partial charge in [0.05, 0.1) is 5.69 Å². The molecular weight excluding hydrogens is 342 g/mol. The average Bonchev–Trinajstić information content (AvgIpc) is 2.37. The predicted octanol–water partition coefficient (Wildman–Crippen LogP) is 1.60. The zero-order valence-corrected chi connectivity index (χ0v) is 12.9. The lowest BCUT2D eigenvalue weighted by Crippen LogP contribution is -2.43. The van der Waals surface area contributed by atoms with Crippen LogP contribution in [-0.4, -0.2) is 29.1 Å². The number of anilines is 1. The van der Waals surface area contributed by atoms with Crippen LogP contribution < -0.4 is 16.4 Å². The number of carbonyl (C=O) groups is 3. The van der Waals surface area contributed by atoms with E-state index < -0.39 is 23.9 Å². The van der Waals surface area contributed by atoms with E-state index in [4.69, 9.17) is 10.8 Å². The van der Waals surface area contributed by atoms with Gasteiger partial charge in [0.25, 0.3) is 0 Å². The number of carbonyl (C=O) groups excluding carboxylic acids is 2. The van der Waals surface area contributed by atoms with E-state index in [1.165, 1.54) is 0 Å². The smallest absolute Gasteiger partial charge is 0.326 e. The van der Waals surface area contributed by atoms with Crippen LogP contribution in [0.15, 0.2) is 22.7 Å². The van der Waals surface area contributed by atoms with E-state index >= 15 is 0 Å². The Bertz CT molecular complexity index is 562. The molecule has 0 fully saturated rings. The van der Waals surface area contributed by atoms with Crippen molar-refractivity contribution < 1.29 is 19.5 Å². The quantitative estimate of drug-likeness (QED) is 0.617. The predicted molar refractivity (Wildman–Crippen MR) is 80.9 cm³/mol. The van der Waals surface area contributed by atoms with Crippen molar-refractivity contribution in [1.82, 2.24) is 5.32 Å². The van der Waals surface area contributed by atoms with E-state index in [0.717, 1.165) is 5.56 Å². The first-order valence-electron chi connectivity index (χ1n) is 6.14. The number of carboxylic acids is 1. The molecule has 0 aliphatic rings. The Morgan fingerprint density at radius 1 is 1.38 bits per heavy atom. The Morgan fingerprint density at radius 3 is 2.57 bits per heavy atom. The van der Waals surface area contributed by atoms with Gasteiger partial charge in [-0.25, -0.2) is 9.59 Å². The van der Waals surface area contributed by atoms with Crippen LogP contribution in [0.2, 0.25) is 0 Å². The molecule has 0 radical (unpaired) electrons. The topological polar surface area (TPSA) is 122 Å².